The van der Waals surface area contributed by atoms with Crippen LogP contribution in [0.5, 0.6) is 5.75 Å². The first kappa shape index (κ1) is 31.1. The van der Waals surface area contributed by atoms with Crippen molar-refractivity contribution in [1.82, 2.24) is 24.6 Å². The number of aryl methyl sites for hydroxylation is 1. The minimum atomic E-state index is -4.34. The minimum Gasteiger partial charge on any atom is -0.465 e. The molecule has 0 saturated carbocycles. The number of anilines is 1. The third kappa shape index (κ3) is 6.47. The SMILES string of the molecule is CCOC(=O)[C@H](C)NP(=O)(OC[C@@]1(CCl)O[C@@H](n2cnc3c(N(C)C)nc(C)nc32)[C@H](F)[C@@H]1O)Oc1ccccc1. The highest BCUT2D eigenvalue weighted by atomic mass is 35.5. The number of ether oxygens (including phenoxy) is 2. The zero-order valence-electron chi connectivity index (χ0n) is 23.2. The van der Waals surface area contributed by atoms with Crippen LogP contribution in [0.25, 0.3) is 11.2 Å². The average molecular weight is 615 g/mol. The van der Waals surface area contributed by atoms with E-state index < -0.39 is 56.3 Å². The second kappa shape index (κ2) is 12.6. The van der Waals surface area contributed by atoms with Crippen molar-refractivity contribution in [3.05, 3.63) is 42.5 Å². The van der Waals surface area contributed by atoms with Crippen LogP contribution in [0, 0.1) is 6.92 Å². The van der Waals surface area contributed by atoms with Crippen LogP contribution in [0.3, 0.4) is 0 Å². The highest BCUT2D eigenvalue weighted by molar-refractivity contribution is 7.52. The number of rotatable bonds is 12. The second-order valence-corrected chi connectivity index (χ2v) is 11.6. The predicted molar refractivity (Wildman–Crippen MR) is 149 cm³/mol. The Morgan fingerprint density at radius 1 is 1.34 bits per heavy atom. The summed E-state index contributed by atoms with van der Waals surface area (Å²) in [5.74, 6) is -0.0157. The quantitative estimate of drug-likeness (QED) is 0.175. The Kier molecular flexibility index (Phi) is 9.52. The number of imidazole rings is 1. The van der Waals surface area contributed by atoms with Crippen molar-refractivity contribution < 1.29 is 37.4 Å². The van der Waals surface area contributed by atoms with Crippen LogP contribution in [-0.2, 0) is 23.4 Å². The fourth-order valence-electron chi connectivity index (χ4n) is 4.27. The normalized spacial score (nSPS) is 24.6. The van der Waals surface area contributed by atoms with Gasteiger partial charge in [-0.15, -0.1) is 11.6 Å². The molecule has 0 amide bonds. The second-order valence-electron chi connectivity index (χ2n) is 9.69. The molecular formula is C25H33ClFN6O7P. The maximum atomic E-state index is 15.7. The van der Waals surface area contributed by atoms with E-state index in [1.165, 1.54) is 30.0 Å². The molecule has 3 heterocycles. The van der Waals surface area contributed by atoms with Gasteiger partial charge in [-0.05, 0) is 32.9 Å². The van der Waals surface area contributed by atoms with E-state index in [1.807, 2.05) is 0 Å². The van der Waals surface area contributed by atoms with Gasteiger partial charge in [0.25, 0.3) is 0 Å². The molecule has 13 nitrogen and oxygen atoms in total. The van der Waals surface area contributed by atoms with E-state index in [4.69, 9.17) is 30.1 Å². The third-order valence-electron chi connectivity index (χ3n) is 6.35. The molecule has 0 aliphatic carbocycles. The molecular weight excluding hydrogens is 582 g/mol. The molecule has 0 spiro atoms. The molecule has 1 aliphatic rings. The van der Waals surface area contributed by atoms with Crippen LogP contribution in [0.1, 0.15) is 25.9 Å². The van der Waals surface area contributed by atoms with Crippen molar-refractivity contribution in [2.45, 2.75) is 50.9 Å². The molecule has 1 aromatic carbocycles. The predicted octanol–water partition coefficient (Wildman–Crippen LogP) is 3.15. The molecule has 0 bridgehead atoms. The molecule has 3 aromatic rings. The minimum absolute atomic E-state index is 0.105. The average Bonchev–Trinajstić information content (AvgIpc) is 3.46. The number of nitrogens with one attached hydrogen (secondary N) is 1. The van der Waals surface area contributed by atoms with E-state index in [0.29, 0.717) is 17.2 Å². The van der Waals surface area contributed by atoms with Gasteiger partial charge in [0.1, 0.15) is 29.3 Å². The van der Waals surface area contributed by atoms with Crippen LogP contribution < -0.4 is 14.5 Å². The third-order valence-corrected chi connectivity index (χ3v) is 8.42. The molecule has 4 rings (SSSR count). The maximum Gasteiger partial charge on any atom is 0.459 e. The summed E-state index contributed by atoms with van der Waals surface area (Å²) >= 11 is 6.23. The van der Waals surface area contributed by atoms with Crippen LogP contribution in [0.4, 0.5) is 10.2 Å². The van der Waals surface area contributed by atoms with Gasteiger partial charge in [-0.1, -0.05) is 18.2 Å². The molecule has 1 aliphatic heterocycles. The number of nitrogens with zero attached hydrogens (tertiary/aromatic N) is 5. The number of esters is 1. The molecule has 1 unspecified atom stereocenters. The molecule has 1 fully saturated rings. The van der Waals surface area contributed by atoms with Gasteiger partial charge in [-0.2, -0.15) is 5.09 Å². The van der Waals surface area contributed by atoms with Gasteiger partial charge >= 0.3 is 13.7 Å². The zero-order valence-corrected chi connectivity index (χ0v) is 24.9. The first-order chi connectivity index (χ1) is 19.4. The summed E-state index contributed by atoms with van der Waals surface area (Å²) in [7, 11) is -0.764. The summed E-state index contributed by atoms with van der Waals surface area (Å²) in [5, 5.41) is 13.5. The Morgan fingerprint density at radius 2 is 2.05 bits per heavy atom. The van der Waals surface area contributed by atoms with Gasteiger partial charge in [0.15, 0.2) is 29.4 Å². The number of aromatic nitrogens is 4. The largest absolute Gasteiger partial charge is 0.465 e. The number of benzene rings is 1. The van der Waals surface area contributed by atoms with Crippen molar-refractivity contribution in [2.75, 3.05) is 38.1 Å². The topological polar surface area (TPSA) is 150 Å². The van der Waals surface area contributed by atoms with E-state index in [9.17, 15) is 14.5 Å². The number of aliphatic hydroxyl groups excluding tert-OH is 1. The highest BCUT2D eigenvalue weighted by Gasteiger charge is 2.57. The molecule has 41 heavy (non-hydrogen) atoms. The summed E-state index contributed by atoms with van der Waals surface area (Å²) in [4.78, 5) is 27.1. The van der Waals surface area contributed by atoms with E-state index >= 15 is 4.39 Å². The molecule has 1 saturated heterocycles. The van der Waals surface area contributed by atoms with Crippen LogP contribution in [-0.4, -0.2) is 87.7 Å². The fraction of sp³-hybridized carbons (Fsp3) is 0.520. The van der Waals surface area contributed by atoms with Gasteiger partial charge in [0, 0.05) is 14.1 Å². The lowest BCUT2D eigenvalue weighted by Gasteiger charge is -2.31. The van der Waals surface area contributed by atoms with Crippen LogP contribution >= 0.6 is 19.3 Å². The van der Waals surface area contributed by atoms with Crippen molar-refractivity contribution in [3.8, 4) is 5.75 Å². The Balaban J connectivity index is 1.62. The first-order valence-electron chi connectivity index (χ1n) is 12.8. The molecule has 6 atom stereocenters. The lowest BCUT2D eigenvalue weighted by atomic mass is 9.99. The first-order valence-corrected chi connectivity index (χ1v) is 14.9. The van der Waals surface area contributed by atoms with Crippen molar-refractivity contribution in [2.24, 2.45) is 0 Å². The number of alkyl halides is 2. The van der Waals surface area contributed by atoms with Crippen molar-refractivity contribution in [1.29, 1.82) is 0 Å². The summed E-state index contributed by atoms with van der Waals surface area (Å²) in [5.41, 5.74) is -1.17. The van der Waals surface area contributed by atoms with Gasteiger partial charge in [-0.3, -0.25) is 13.9 Å². The number of aliphatic hydroxyl groups is 1. The molecule has 16 heteroatoms. The van der Waals surface area contributed by atoms with E-state index in [1.54, 1.807) is 51.0 Å². The van der Waals surface area contributed by atoms with E-state index in [0.717, 1.165) is 0 Å². The Hall–Kier alpha value is -2.87. The summed E-state index contributed by atoms with van der Waals surface area (Å²) in [6, 6.07) is 7.01. The number of carbonyl (C=O) groups is 1. The number of halogens is 2. The van der Waals surface area contributed by atoms with Crippen molar-refractivity contribution in [3.63, 3.8) is 0 Å². The highest BCUT2D eigenvalue weighted by Crippen LogP contribution is 2.49. The van der Waals surface area contributed by atoms with E-state index in [2.05, 4.69) is 20.0 Å². The van der Waals surface area contributed by atoms with Gasteiger partial charge in [-0.25, -0.2) is 23.9 Å². The Bertz CT molecular complexity index is 1420. The zero-order chi connectivity index (χ0) is 29.9. The Labute approximate surface area is 241 Å². The number of fused-ring (bicyclic) bond motifs is 1. The molecule has 2 N–H and O–H groups in total. The lowest BCUT2D eigenvalue weighted by molar-refractivity contribution is -0.144. The molecule has 0 radical (unpaired) electrons. The van der Waals surface area contributed by atoms with Gasteiger partial charge in [0.05, 0.1) is 25.4 Å². The van der Waals surface area contributed by atoms with Gasteiger partial charge in [0.2, 0.25) is 0 Å². The van der Waals surface area contributed by atoms with Crippen molar-refractivity contribution >= 4 is 42.3 Å². The number of carbonyl (C=O) groups excluding carboxylic acids is 1. The lowest BCUT2D eigenvalue weighted by Crippen LogP contribution is -2.48. The van der Waals surface area contributed by atoms with Crippen LogP contribution in [0.15, 0.2) is 36.7 Å². The smallest absolute Gasteiger partial charge is 0.459 e. The number of para-hydroxylation sites is 1. The van der Waals surface area contributed by atoms with Gasteiger partial charge < -0.3 is 24.0 Å². The Morgan fingerprint density at radius 3 is 2.68 bits per heavy atom. The summed E-state index contributed by atoms with van der Waals surface area (Å²) < 4.78 is 53.2. The number of hydrogen-bond donors (Lipinski definition) is 2. The summed E-state index contributed by atoms with van der Waals surface area (Å²) in [6.45, 7) is 4.18. The van der Waals surface area contributed by atoms with E-state index in [-0.39, 0.29) is 18.0 Å². The monoisotopic (exact) mass is 614 g/mol. The number of hydrogen-bond acceptors (Lipinski definition) is 11. The standard InChI is InChI=1S/C25H33ClFN6O7P/c1-6-37-24(35)15(2)31-41(36,40-17-10-8-7-9-11-17)38-13-25(12-26)20(34)18(27)23(39-25)33-14-28-19-21(32(4)5)29-16(3)30-22(19)33/h7-11,14-15,18,20,23,34H,6,12-13H2,1-5H3,(H,31,36)/t15-,18+,20-,23+,25+,41?/m0/s1. The molecule has 2 aromatic heterocycles. The summed E-state index contributed by atoms with van der Waals surface area (Å²) in [6.07, 6.45) is -3.85. The fourth-order valence-corrected chi connectivity index (χ4v) is 6.11. The maximum absolute atomic E-state index is 15.7. The van der Waals surface area contributed by atoms with Crippen LogP contribution in [0.2, 0.25) is 0 Å². The molecule has 224 valence electrons.